The van der Waals surface area contributed by atoms with Crippen LogP contribution < -0.4 is 15.1 Å². The van der Waals surface area contributed by atoms with E-state index in [2.05, 4.69) is 41.6 Å². The van der Waals surface area contributed by atoms with Gasteiger partial charge in [-0.3, -0.25) is 4.40 Å². The van der Waals surface area contributed by atoms with Crippen LogP contribution in [0.2, 0.25) is 0 Å². The molecular formula is C29H29N9O. The second kappa shape index (κ2) is 10.4. The predicted octanol–water partition coefficient (Wildman–Crippen LogP) is 3.15. The molecule has 4 aromatic heterocycles. The molecule has 0 amide bonds. The quantitative estimate of drug-likeness (QED) is 0.376. The molecule has 2 aliphatic heterocycles. The van der Waals surface area contributed by atoms with Crippen LogP contribution in [-0.2, 0) is 4.74 Å². The summed E-state index contributed by atoms with van der Waals surface area (Å²) in [6, 6.07) is 12.2. The van der Waals surface area contributed by atoms with Crippen molar-refractivity contribution in [1.82, 2.24) is 34.6 Å². The number of para-hydroxylation sites is 1. The third kappa shape index (κ3) is 4.80. The molecule has 0 aliphatic carbocycles. The van der Waals surface area contributed by atoms with Crippen molar-refractivity contribution in [3.05, 3.63) is 72.7 Å². The summed E-state index contributed by atoms with van der Waals surface area (Å²) in [5, 5.41) is 4.41. The Kier molecular flexibility index (Phi) is 6.31. The van der Waals surface area contributed by atoms with Gasteiger partial charge in [-0.15, -0.1) is 0 Å². The van der Waals surface area contributed by atoms with Gasteiger partial charge in [0.2, 0.25) is 0 Å². The maximum Gasteiger partial charge on any atom is 0.181 e. The van der Waals surface area contributed by atoms with Crippen molar-refractivity contribution in [2.45, 2.75) is 0 Å². The average Bonchev–Trinajstić information content (AvgIpc) is 3.45. The largest absolute Gasteiger partial charge is 0.378 e. The SMILES string of the molecule is C(=C\c1ncc2ccccc2n1)/c1cn2c(-c3ccc(N4CCNCC4)nc3)cnc(N3CCOCC3)c2n1. The minimum absolute atomic E-state index is 0.644. The van der Waals surface area contributed by atoms with E-state index in [1.54, 1.807) is 0 Å². The van der Waals surface area contributed by atoms with Gasteiger partial charge in [-0.05, 0) is 30.4 Å². The molecule has 5 aromatic rings. The van der Waals surface area contributed by atoms with Gasteiger partial charge in [0.25, 0.3) is 0 Å². The van der Waals surface area contributed by atoms with Crippen LogP contribution in [0.4, 0.5) is 11.6 Å². The fourth-order valence-corrected chi connectivity index (χ4v) is 5.12. The predicted molar refractivity (Wildman–Crippen MR) is 153 cm³/mol. The highest BCUT2D eigenvalue weighted by atomic mass is 16.5. The lowest BCUT2D eigenvalue weighted by Gasteiger charge is -2.28. The number of aromatic nitrogens is 6. The maximum absolute atomic E-state index is 5.57. The van der Waals surface area contributed by atoms with Gasteiger partial charge >= 0.3 is 0 Å². The lowest BCUT2D eigenvalue weighted by Crippen LogP contribution is -2.43. The van der Waals surface area contributed by atoms with Crippen molar-refractivity contribution in [3.8, 4) is 11.3 Å². The fourth-order valence-electron chi connectivity index (χ4n) is 5.12. The minimum Gasteiger partial charge on any atom is -0.378 e. The molecule has 1 aromatic carbocycles. The van der Waals surface area contributed by atoms with Crippen molar-refractivity contribution in [3.63, 3.8) is 0 Å². The maximum atomic E-state index is 5.57. The average molecular weight is 520 g/mol. The van der Waals surface area contributed by atoms with Crippen LogP contribution in [0.3, 0.4) is 0 Å². The first-order chi connectivity index (χ1) is 19.3. The van der Waals surface area contributed by atoms with Gasteiger partial charge in [-0.1, -0.05) is 18.2 Å². The highest BCUT2D eigenvalue weighted by Crippen LogP contribution is 2.28. The van der Waals surface area contributed by atoms with Crippen LogP contribution >= 0.6 is 0 Å². The Bertz CT molecular complexity index is 1630. The standard InChI is InChI=1S/C29H29N9O/c1-2-4-24-21(3-1)17-31-26(35-24)7-6-23-20-38-25(19-33-28(29(38)34-23)37-13-15-39-16-14-37)22-5-8-27(32-18-22)36-11-9-30-10-12-36/h1-8,17-20,30H,9-16H2/b7-6+. The van der Waals surface area contributed by atoms with Gasteiger partial charge < -0.3 is 19.9 Å². The summed E-state index contributed by atoms with van der Waals surface area (Å²) in [7, 11) is 0. The van der Waals surface area contributed by atoms with Gasteiger partial charge in [0.15, 0.2) is 17.3 Å². The molecule has 2 aliphatic rings. The van der Waals surface area contributed by atoms with E-state index < -0.39 is 0 Å². The van der Waals surface area contributed by atoms with Crippen molar-refractivity contribution in [2.24, 2.45) is 0 Å². The number of piperazine rings is 1. The second-order valence-corrected chi connectivity index (χ2v) is 9.69. The smallest absolute Gasteiger partial charge is 0.181 e. The highest BCUT2D eigenvalue weighted by Gasteiger charge is 2.20. The summed E-state index contributed by atoms with van der Waals surface area (Å²) in [6.45, 7) is 6.81. The number of rotatable bonds is 5. The third-order valence-corrected chi connectivity index (χ3v) is 7.20. The molecule has 10 nitrogen and oxygen atoms in total. The van der Waals surface area contributed by atoms with Crippen LogP contribution in [0, 0.1) is 0 Å². The summed E-state index contributed by atoms with van der Waals surface area (Å²) >= 11 is 0. The molecule has 0 bridgehead atoms. The molecule has 196 valence electrons. The molecule has 0 unspecified atom stereocenters. The number of hydrogen-bond acceptors (Lipinski definition) is 9. The molecule has 0 spiro atoms. The first kappa shape index (κ1) is 23.7. The number of nitrogens with one attached hydrogen (secondary N) is 1. The highest BCUT2D eigenvalue weighted by molar-refractivity contribution is 5.79. The minimum atomic E-state index is 0.644. The van der Waals surface area contributed by atoms with Crippen molar-refractivity contribution in [1.29, 1.82) is 0 Å². The molecule has 0 saturated carbocycles. The molecule has 1 N–H and O–H groups in total. The normalized spacial score (nSPS) is 16.5. The van der Waals surface area contributed by atoms with Gasteiger partial charge in [-0.25, -0.2) is 24.9 Å². The van der Waals surface area contributed by atoms with E-state index in [0.717, 1.165) is 84.4 Å². The van der Waals surface area contributed by atoms with E-state index in [-0.39, 0.29) is 0 Å². The van der Waals surface area contributed by atoms with Gasteiger partial charge in [0.1, 0.15) is 5.82 Å². The Balaban J connectivity index is 1.26. The third-order valence-electron chi connectivity index (χ3n) is 7.20. The number of fused-ring (bicyclic) bond motifs is 2. The molecule has 39 heavy (non-hydrogen) atoms. The van der Waals surface area contributed by atoms with Crippen molar-refractivity contribution in [2.75, 3.05) is 62.3 Å². The Morgan fingerprint density at radius 3 is 2.51 bits per heavy atom. The number of morpholine rings is 1. The number of ether oxygens (including phenoxy) is 1. The summed E-state index contributed by atoms with van der Waals surface area (Å²) in [5.41, 5.74) is 4.46. The first-order valence-electron chi connectivity index (χ1n) is 13.3. The van der Waals surface area contributed by atoms with Crippen LogP contribution in [0.15, 0.2) is 61.2 Å². The van der Waals surface area contributed by atoms with E-state index in [0.29, 0.717) is 19.0 Å². The molecular weight excluding hydrogens is 490 g/mol. The molecule has 0 radical (unpaired) electrons. The lowest BCUT2D eigenvalue weighted by molar-refractivity contribution is 0.122. The van der Waals surface area contributed by atoms with E-state index in [1.807, 2.05) is 61.2 Å². The molecule has 10 heteroatoms. The molecule has 7 rings (SSSR count). The summed E-state index contributed by atoms with van der Waals surface area (Å²) in [5.74, 6) is 2.50. The summed E-state index contributed by atoms with van der Waals surface area (Å²) in [6.07, 6.45) is 11.6. The monoisotopic (exact) mass is 519 g/mol. The van der Waals surface area contributed by atoms with Crippen LogP contribution in [-0.4, -0.2) is 81.8 Å². The Hall–Kier alpha value is -4.41. The van der Waals surface area contributed by atoms with Gasteiger partial charge in [0, 0.05) is 68.8 Å². The van der Waals surface area contributed by atoms with Crippen molar-refractivity contribution < 1.29 is 4.74 Å². The second-order valence-electron chi connectivity index (χ2n) is 9.69. The van der Waals surface area contributed by atoms with Crippen LogP contribution in [0.25, 0.3) is 40.0 Å². The summed E-state index contributed by atoms with van der Waals surface area (Å²) in [4.78, 5) is 28.4. The zero-order chi connectivity index (χ0) is 26.0. The number of nitrogens with zero attached hydrogens (tertiary/aromatic N) is 8. The lowest BCUT2D eigenvalue weighted by atomic mass is 10.2. The van der Waals surface area contributed by atoms with Crippen LogP contribution in [0.5, 0.6) is 0 Å². The van der Waals surface area contributed by atoms with Gasteiger partial charge in [0.05, 0.1) is 36.3 Å². The Morgan fingerprint density at radius 2 is 1.67 bits per heavy atom. The molecule has 2 fully saturated rings. The Labute approximate surface area is 226 Å². The number of pyridine rings is 1. The molecule has 6 heterocycles. The summed E-state index contributed by atoms with van der Waals surface area (Å²) < 4.78 is 7.68. The van der Waals surface area contributed by atoms with E-state index >= 15 is 0 Å². The topological polar surface area (TPSA) is 96.6 Å². The number of benzene rings is 1. The zero-order valence-corrected chi connectivity index (χ0v) is 21.6. The fraction of sp³-hybridized carbons (Fsp3) is 0.276. The molecule has 0 atom stereocenters. The van der Waals surface area contributed by atoms with Crippen molar-refractivity contribution >= 4 is 40.3 Å². The number of anilines is 2. The van der Waals surface area contributed by atoms with Gasteiger partial charge in [-0.2, -0.15) is 0 Å². The first-order valence-corrected chi connectivity index (χ1v) is 13.3. The zero-order valence-electron chi connectivity index (χ0n) is 21.6. The van der Waals surface area contributed by atoms with Crippen LogP contribution in [0.1, 0.15) is 11.5 Å². The molecule has 2 saturated heterocycles. The number of imidazole rings is 1. The number of hydrogen-bond donors (Lipinski definition) is 1. The van der Waals surface area contributed by atoms with E-state index in [1.165, 1.54) is 0 Å². The van der Waals surface area contributed by atoms with E-state index in [9.17, 15) is 0 Å². The Morgan fingerprint density at radius 1 is 0.795 bits per heavy atom. The van der Waals surface area contributed by atoms with E-state index in [4.69, 9.17) is 19.7 Å².